The molecule has 0 saturated heterocycles. The summed E-state index contributed by atoms with van der Waals surface area (Å²) >= 11 is 0. The van der Waals surface area contributed by atoms with Gasteiger partial charge in [-0.05, 0) is 12.1 Å². The van der Waals surface area contributed by atoms with Crippen LogP contribution >= 0.6 is 0 Å². The van der Waals surface area contributed by atoms with Crippen molar-refractivity contribution >= 4 is 5.91 Å². The molecule has 0 bridgehead atoms. The van der Waals surface area contributed by atoms with E-state index in [0.717, 1.165) is 18.9 Å². The lowest BCUT2D eigenvalue weighted by Crippen LogP contribution is -2.35. The summed E-state index contributed by atoms with van der Waals surface area (Å²) in [4.78, 5) is 19.1. The quantitative estimate of drug-likeness (QED) is 0.713. The average Bonchev–Trinajstić information content (AvgIpc) is 3.24. The minimum Gasteiger partial charge on any atom is -0.333 e. The summed E-state index contributed by atoms with van der Waals surface area (Å²) in [5.74, 6) is 1.10. The molecule has 0 saturated carbocycles. The summed E-state index contributed by atoms with van der Waals surface area (Å²) < 4.78 is 4.02. The van der Waals surface area contributed by atoms with E-state index in [1.165, 1.54) is 12.4 Å². The van der Waals surface area contributed by atoms with Crippen molar-refractivity contribution in [3.63, 3.8) is 0 Å². The third-order valence-corrected chi connectivity index (χ3v) is 4.19. The minimum atomic E-state index is -0.0492. The molecular weight excluding hydrogens is 306 g/mol. The van der Waals surface area contributed by atoms with Gasteiger partial charge < -0.3 is 9.47 Å². The lowest BCUT2D eigenvalue weighted by molar-refractivity contribution is 0.0712. The van der Waals surface area contributed by atoms with Gasteiger partial charge in [-0.2, -0.15) is 15.3 Å². The molecule has 8 heteroatoms. The molecule has 0 unspecified atom stereocenters. The third kappa shape index (κ3) is 2.90. The second-order valence-electron chi connectivity index (χ2n) is 5.91. The van der Waals surface area contributed by atoms with E-state index in [2.05, 4.69) is 24.8 Å². The van der Waals surface area contributed by atoms with E-state index in [4.69, 9.17) is 0 Å². The third-order valence-electron chi connectivity index (χ3n) is 4.19. The van der Waals surface area contributed by atoms with Crippen molar-refractivity contribution < 1.29 is 4.79 Å². The number of amides is 1. The molecule has 3 aromatic heterocycles. The van der Waals surface area contributed by atoms with Crippen molar-refractivity contribution in [1.29, 1.82) is 0 Å². The van der Waals surface area contributed by atoms with Gasteiger partial charge in [0.1, 0.15) is 5.82 Å². The van der Waals surface area contributed by atoms with Gasteiger partial charge in [0.25, 0.3) is 5.91 Å². The zero-order valence-corrected chi connectivity index (χ0v) is 13.1. The van der Waals surface area contributed by atoms with Crippen molar-refractivity contribution in [3.8, 4) is 0 Å². The Balaban J connectivity index is 1.60. The number of hydrogen-bond donors (Lipinski definition) is 0. The summed E-state index contributed by atoms with van der Waals surface area (Å²) in [6, 6.07) is 3.60. The van der Waals surface area contributed by atoms with Crippen LogP contribution in [0.15, 0.2) is 49.3 Å². The molecule has 8 nitrogen and oxygen atoms in total. The van der Waals surface area contributed by atoms with Crippen LogP contribution in [0.1, 0.15) is 16.2 Å². The van der Waals surface area contributed by atoms with Crippen LogP contribution in [0.4, 0.5) is 0 Å². The highest BCUT2D eigenvalue weighted by atomic mass is 16.2. The summed E-state index contributed by atoms with van der Waals surface area (Å²) in [5.41, 5.74) is 0.544. The summed E-state index contributed by atoms with van der Waals surface area (Å²) in [6.45, 7) is 2.70. The zero-order valence-electron chi connectivity index (χ0n) is 13.1. The maximum absolute atomic E-state index is 12.8. The fourth-order valence-corrected chi connectivity index (χ4v) is 3.08. The van der Waals surface area contributed by atoms with Crippen LogP contribution in [-0.4, -0.2) is 46.9 Å². The number of fused-ring (bicyclic) bond motifs is 1. The van der Waals surface area contributed by atoms with Gasteiger partial charge in [0.15, 0.2) is 0 Å². The fraction of sp³-hybridized carbons (Fsp3) is 0.312. The van der Waals surface area contributed by atoms with Gasteiger partial charge in [0.05, 0.1) is 24.5 Å². The van der Waals surface area contributed by atoms with Crippen LogP contribution < -0.4 is 0 Å². The van der Waals surface area contributed by atoms with E-state index in [1.807, 2.05) is 28.0 Å². The number of carbonyl (C=O) groups is 1. The van der Waals surface area contributed by atoms with Gasteiger partial charge in [-0.1, -0.05) is 0 Å². The minimum absolute atomic E-state index is 0.0492. The molecule has 4 rings (SSSR count). The highest BCUT2D eigenvalue weighted by molar-refractivity contribution is 5.93. The molecule has 0 radical (unpaired) electrons. The molecule has 0 fully saturated rings. The second-order valence-corrected chi connectivity index (χ2v) is 5.91. The molecule has 3 aromatic rings. The Hall–Kier alpha value is -3.03. The van der Waals surface area contributed by atoms with Crippen molar-refractivity contribution in [2.24, 2.45) is 5.92 Å². The molecule has 4 heterocycles. The van der Waals surface area contributed by atoms with Crippen molar-refractivity contribution in [2.75, 3.05) is 6.54 Å². The largest absolute Gasteiger partial charge is 0.333 e. The molecule has 0 spiro atoms. The zero-order chi connectivity index (χ0) is 16.4. The molecule has 0 aromatic carbocycles. The predicted molar refractivity (Wildman–Crippen MR) is 84.7 cm³/mol. The van der Waals surface area contributed by atoms with Gasteiger partial charge in [0.2, 0.25) is 0 Å². The van der Waals surface area contributed by atoms with Crippen molar-refractivity contribution in [3.05, 3.63) is 60.7 Å². The van der Waals surface area contributed by atoms with Gasteiger partial charge in [0, 0.05) is 50.3 Å². The number of carbonyl (C=O) groups excluding carboxylic acids is 1. The highest BCUT2D eigenvalue weighted by Crippen LogP contribution is 2.18. The van der Waals surface area contributed by atoms with Crippen molar-refractivity contribution in [2.45, 2.75) is 19.6 Å². The maximum atomic E-state index is 12.8. The fourth-order valence-electron chi connectivity index (χ4n) is 3.08. The summed E-state index contributed by atoms with van der Waals surface area (Å²) in [5, 5.41) is 11.8. The smallest absolute Gasteiger partial charge is 0.255 e. The van der Waals surface area contributed by atoms with E-state index in [-0.39, 0.29) is 11.8 Å². The van der Waals surface area contributed by atoms with E-state index in [0.29, 0.717) is 18.7 Å². The second kappa shape index (κ2) is 6.23. The van der Waals surface area contributed by atoms with Crippen LogP contribution in [0.2, 0.25) is 0 Å². The first-order chi connectivity index (χ1) is 11.8. The molecule has 1 atom stereocenters. The SMILES string of the molecule is O=C(c1ccnnc1)N1Cc2nccn2C[C@@H](Cn2cccn2)C1. The molecular formula is C16H17N7O. The molecule has 1 aliphatic heterocycles. The Bertz CT molecular complexity index is 812. The molecule has 1 aliphatic rings. The molecule has 0 N–H and O–H groups in total. The van der Waals surface area contributed by atoms with E-state index >= 15 is 0 Å². The lowest BCUT2D eigenvalue weighted by atomic mass is 10.1. The van der Waals surface area contributed by atoms with E-state index in [9.17, 15) is 4.79 Å². The van der Waals surface area contributed by atoms with E-state index in [1.54, 1.807) is 18.5 Å². The first-order valence-corrected chi connectivity index (χ1v) is 7.83. The Morgan fingerprint density at radius 3 is 2.92 bits per heavy atom. The Morgan fingerprint density at radius 2 is 2.12 bits per heavy atom. The summed E-state index contributed by atoms with van der Waals surface area (Å²) in [6.07, 6.45) is 10.5. The molecule has 0 aliphatic carbocycles. The van der Waals surface area contributed by atoms with Gasteiger partial charge >= 0.3 is 0 Å². The number of rotatable bonds is 3. The van der Waals surface area contributed by atoms with Crippen LogP contribution in [-0.2, 0) is 19.6 Å². The first-order valence-electron chi connectivity index (χ1n) is 7.83. The number of nitrogens with zero attached hydrogens (tertiary/aromatic N) is 7. The first kappa shape index (κ1) is 14.6. The van der Waals surface area contributed by atoms with Gasteiger partial charge in [-0.15, -0.1) is 0 Å². The Morgan fingerprint density at radius 1 is 1.17 bits per heavy atom. The van der Waals surface area contributed by atoms with Crippen LogP contribution in [0.5, 0.6) is 0 Å². The highest BCUT2D eigenvalue weighted by Gasteiger charge is 2.26. The predicted octanol–water partition coefficient (Wildman–Crippen LogP) is 0.842. The number of imidazole rings is 1. The molecule has 1 amide bonds. The van der Waals surface area contributed by atoms with Crippen LogP contribution in [0, 0.1) is 5.92 Å². The molecule has 24 heavy (non-hydrogen) atoms. The average molecular weight is 323 g/mol. The lowest BCUT2D eigenvalue weighted by Gasteiger charge is -2.24. The number of hydrogen-bond acceptors (Lipinski definition) is 5. The van der Waals surface area contributed by atoms with Crippen molar-refractivity contribution in [1.82, 2.24) is 34.4 Å². The maximum Gasteiger partial charge on any atom is 0.255 e. The number of aromatic nitrogens is 6. The van der Waals surface area contributed by atoms with Crippen LogP contribution in [0.25, 0.3) is 0 Å². The topological polar surface area (TPSA) is 81.7 Å². The van der Waals surface area contributed by atoms with Gasteiger partial charge in [-0.3, -0.25) is 9.48 Å². The Labute approximate surface area is 138 Å². The van der Waals surface area contributed by atoms with Crippen LogP contribution in [0.3, 0.4) is 0 Å². The Kier molecular flexibility index (Phi) is 3.78. The summed E-state index contributed by atoms with van der Waals surface area (Å²) in [7, 11) is 0. The van der Waals surface area contributed by atoms with Gasteiger partial charge in [-0.25, -0.2) is 4.98 Å². The molecule has 122 valence electrons. The van der Waals surface area contributed by atoms with E-state index < -0.39 is 0 Å². The standard InChI is InChI=1S/C16H17N7O/c24-16(14-2-4-18-19-8-14)22-10-13(11-23-6-1-3-20-23)9-21-7-5-17-15(21)12-22/h1-8,13H,9-12H2/t13-/m1/s1. The monoisotopic (exact) mass is 323 g/mol. The normalized spacial score (nSPS) is 17.3.